The molecule has 11 aromatic rings. The van der Waals surface area contributed by atoms with Crippen LogP contribution in [0.2, 0.25) is 0 Å². The maximum Gasteiger partial charge on any atom is 0.181 e. The van der Waals surface area contributed by atoms with Crippen molar-refractivity contribution >= 4 is 89.8 Å². The zero-order chi connectivity index (χ0) is 38.2. The van der Waals surface area contributed by atoms with Gasteiger partial charge in [0.1, 0.15) is 22.3 Å². The lowest BCUT2D eigenvalue weighted by molar-refractivity contribution is 0.669. The van der Waals surface area contributed by atoms with Gasteiger partial charge in [-0.05, 0) is 86.0 Å². The average molecular weight is 758 g/mol. The van der Waals surface area contributed by atoms with Crippen molar-refractivity contribution in [2.45, 2.75) is 0 Å². The molecular formula is C54H35NO2Si. The van der Waals surface area contributed by atoms with Crippen LogP contribution in [-0.4, -0.2) is 8.07 Å². The Labute approximate surface area is 336 Å². The summed E-state index contributed by atoms with van der Waals surface area (Å²) in [5.41, 5.74) is 11.6. The van der Waals surface area contributed by atoms with Crippen molar-refractivity contribution in [2.24, 2.45) is 0 Å². The fourth-order valence-corrected chi connectivity index (χ4v) is 14.9. The lowest BCUT2D eigenvalue weighted by Crippen LogP contribution is -2.72. The first kappa shape index (κ1) is 32.8. The Kier molecular flexibility index (Phi) is 7.25. The van der Waals surface area contributed by atoms with Crippen molar-refractivity contribution in [1.29, 1.82) is 0 Å². The van der Waals surface area contributed by atoms with Crippen LogP contribution < -0.4 is 25.6 Å². The Morgan fingerprint density at radius 3 is 1.69 bits per heavy atom. The third kappa shape index (κ3) is 4.73. The summed E-state index contributed by atoms with van der Waals surface area (Å²) in [4.78, 5) is 2.42. The maximum absolute atomic E-state index is 6.86. The van der Waals surface area contributed by atoms with Gasteiger partial charge in [-0.2, -0.15) is 0 Å². The van der Waals surface area contributed by atoms with Crippen LogP contribution in [0.25, 0.3) is 66.1 Å². The van der Waals surface area contributed by atoms with Gasteiger partial charge >= 0.3 is 0 Å². The standard InChI is InChI=1S/C54H35NO2Si/c1-4-15-36(16-5-1)37-27-29-38(30-28-37)55(46-23-14-26-49-52(46)44-22-11-13-25-48(44)56-49)39-31-32-45-51(35-39)58(40-17-6-2-7-18-40,41-19-8-3-9-20-41)50-34-33-43-42-21-10-12-24-47(42)57-54(43)53(45)50/h1-35H. The Hall–Kier alpha value is -7.40. The van der Waals surface area contributed by atoms with Gasteiger partial charge in [-0.25, -0.2) is 0 Å². The average Bonchev–Trinajstić information content (AvgIpc) is 3.96. The van der Waals surface area contributed by atoms with Crippen molar-refractivity contribution in [3.63, 3.8) is 0 Å². The number of hydrogen-bond acceptors (Lipinski definition) is 3. The molecule has 0 fully saturated rings. The van der Waals surface area contributed by atoms with E-state index < -0.39 is 8.07 Å². The lowest BCUT2D eigenvalue weighted by atomic mass is 10.0. The number of hydrogen-bond donors (Lipinski definition) is 0. The van der Waals surface area contributed by atoms with Crippen molar-refractivity contribution < 1.29 is 8.83 Å². The molecule has 3 heterocycles. The van der Waals surface area contributed by atoms with E-state index in [1.54, 1.807) is 0 Å². The molecule has 0 radical (unpaired) electrons. The minimum absolute atomic E-state index is 0.864. The molecule has 12 rings (SSSR count). The van der Waals surface area contributed by atoms with Crippen LogP contribution in [0.1, 0.15) is 0 Å². The van der Waals surface area contributed by atoms with Crippen molar-refractivity contribution in [3.8, 4) is 22.3 Å². The molecule has 1 aliphatic heterocycles. The van der Waals surface area contributed by atoms with Gasteiger partial charge < -0.3 is 13.7 Å². The van der Waals surface area contributed by atoms with E-state index in [0.29, 0.717) is 0 Å². The molecule has 0 atom stereocenters. The fourth-order valence-electron chi connectivity index (χ4n) is 9.68. The lowest BCUT2D eigenvalue weighted by Gasteiger charge is -2.33. The molecule has 0 N–H and O–H groups in total. The Morgan fingerprint density at radius 2 is 0.966 bits per heavy atom. The number of furan rings is 2. The Morgan fingerprint density at radius 1 is 0.379 bits per heavy atom. The molecule has 0 saturated carbocycles. The molecule has 58 heavy (non-hydrogen) atoms. The highest BCUT2D eigenvalue weighted by Crippen LogP contribution is 2.45. The summed E-state index contributed by atoms with van der Waals surface area (Å²) in [6.45, 7) is 0. The fraction of sp³-hybridized carbons (Fsp3) is 0. The zero-order valence-electron chi connectivity index (χ0n) is 31.5. The van der Waals surface area contributed by atoms with Crippen LogP contribution in [0.5, 0.6) is 0 Å². The van der Waals surface area contributed by atoms with Crippen molar-refractivity contribution in [2.75, 3.05) is 4.90 Å². The second-order valence-corrected chi connectivity index (χ2v) is 18.9. The third-order valence-corrected chi connectivity index (χ3v) is 17.0. The molecule has 1 aliphatic rings. The van der Waals surface area contributed by atoms with Gasteiger partial charge in [0.25, 0.3) is 0 Å². The summed E-state index contributed by atoms with van der Waals surface area (Å²) in [7, 11) is -2.91. The van der Waals surface area contributed by atoms with Gasteiger partial charge in [0.2, 0.25) is 0 Å². The van der Waals surface area contributed by atoms with Gasteiger partial charge in [0.05, 0.1) is 11.1 Å². The summed E-state index contributed by atoms with van der Waals surface area (Å²) in [6, 6.07) is 77.0. The molecule has 0 aliphatic carbocycles. The number of rotatable bonds is 6. The molecule has 0 unspecified atom stereocenters. The second-order valence-electron chi connectivity index (χ2n) is 15.2. The van der Waals surface area contributed by atoms with Gasteiger partial charge in [0, 0.05) is 33.1 Å². The number of nitrogens with zero attached hydrogens (tertiary/aromatic N) is 1. The van der Waals surface area contributed by atoms with Crippen LogP contribution in [0.3, 0.4) is 0 Å². The van der Waals surface area contributed by atoms with Crippen LogP contribution in [-0.2, 0) is 0 Å². The zero-order valence-corrected chi connectivity index (χ0v) is 32.5. The van der Waals surface area contributed by atoms with Crippen LogP contribution in [0.4, 0.5) is 17.1 Å². The van der Waals surface area contributed by atoms with Gasteiger partial charge in [-0.1, -0.05) is 164 Å². The Balaban J connectivity index is 1.17. The van der Waals surface area contributed by atoms with E-state index in [9.17, 15) is 0 Å². The molecule has 3 nitrogen and oxygen atoms in total. The summed E-state index contributed by atoms with van der Waals surface area (Å²) in [6.07, 6.45) is 0. The first-order chi connectivity index (χ1) is 28.8. The highest BCUT2D eigenvalue weighted by atomic mass is 28.3. The van der Waals surface area contributed by atoms with Crippen LogP contribution >= 0.6 is 0 Å². The minimum Gasteiger partial charge on any atom is -0.456 e. The van der Waals surface area contributed by atoms with Crippen LogP contribution in [0.15, 0.2) is 221 Å². The topological polar surface area (TPSA) is 29.5 Å². The Bertz CT molecular complexity index is 3290. The minimum atomic E-state index is -2.91. The first-order valence-corrected chi connectivity index (χ1v) is 21.8. The highest BCUT2D eigenvalue weighted by molar-refractivity contribution is 7.22. The molecule has 0 amide bonds. The number of benzene rings is 9. The summed E-state index contributed by atoms with van der Waals surface area (Å²) >= 11 is 0. The second kappa shape index (κ2) is 12.8. The van der Waals surface area contributed by atoms with Gasteiger partial charge in [-0.3, -0.25) is 0 Å². The first-order valence-electron chi connectivity index (χ1n) is 19.8. The predicted octanol–water partition coefficient (Wildman–Crippen LogP) is 12.0. The number of fused-ring (bicyclic) bond motifs is 10. The highest BCUT2D eigenvalue weighted by Gasteiger charge is 2.50. The third-order valence-electron chi connectivity index (χ3n) is 12.2. The normalized spacial score (nSPS) is 13.0. The molecule has 0 spiro atoms. The quantitative estimate of drug-likeness (QED) is 0.158. The molecule has 9 aromatic carbocycles. The molecule has 4 heteroatoms. The largest absolute Gasteiger partial charge is 0.456 e. The predicted molar refractivity (Wildman–Crippen MR) is 244 cm³/mol. The van der Waals surface area contributed by atoms with E-state index in [0.717, 1.165) is 60.9 Å². The van der Waals surface area contributed by atoms with Crippen molar-refractivity contribution in [1.82, 2.24) is 0 Å². The smallest absolute Gasteiger partial charge is 0.181 e. The van der Waals surface area contributed by atoms with E-state index in [2.05, 4.69) is 211 Å². The summed E-state index contributed by atoms with van der Waals surface area (Å²) in [5, 5.41) is 9.86. The monoisotopic (exact) mass is 757 g/mol. The van der Waals surface area contributed by atoms with E-state index in [1.807, 2.05) is 6.07 Å². The maximum atomic E-state index is 6.86. The van der Waals surface area contributed by atoms with E-state index in [4.69, 9.17) is 8.83 Å². The van der Waals surface area contributed by atoms with Crippen molar-refractivity contribution in [3.05, 3.63) is 212 Å². The molecule has 2 aromatic heterocycles. The SMILES string of the molecule is c1ccc(-c2ccc(N(c3ccc4c(c3)[Si](c3ccccc3)(c3ccccc3)c3ccc5c(oc6ccccc65)c3-4)c3cccc4oc5ccccc5c34)cc2)cc1. The number of anilines is 3. The van der Waals surface area contributed by atoms with E-state index >= 15 is 0 Å². The van der Waals surface area contributed by atoms with E-state index in [-0.39, 0.29) is 0 Å². The molecule has 0 bridgehead atoms. The van der Waals surface area contributed by atoms with Gasteiger partial charge in [-0.15, -0.1) is 0 Å². The molecule has 0 saturated heterocycles. The molecular weight excluding hydrogens is 723 g/mol. The molecule has 272 valence electrons. The summed E-state index contributed by atoms with van der Waals surface area (Å²) < 4.78 is 13.4. The van der Waals surface area contributed by atoms with Gasteiger partial charge in [0.15, 0.2) is 8.07 Å². The van der Waals surface area contributed by atoms with Crippen LogP contribution in [0, 0.1) is 0 Å². The number of para-hydroxylation sites is 2. The van der Waals surface area contributed by atoms with E-state index in [1.165, 1.54) is 43.0 Å². The summed E-state index contributed by atoms with van der Waals surface area (Å²) in [5.74, 6) is 0.